The molecular formula is C32H28Cl2N2O7. The van der Waals surface area contributed by atoms with Gasteiger partial charge in [-0.15, -0.1) is 0 Å². The third-order valence-electron chi connectivity index (χ3n) is 7.79. The van der Waals surface area contributed by atoms with Gasteiger partial charge in [0.05, 0.1) is 35.1 Å². The first-order valence-corrected chi connectivity index (χ1v) is 14.5. The molecule has 1 saturated carbocycles. The van der Waals surface area contributed by atoms with Gasteiger partial charge in [-0.3, -0.25) is 19.2 Å². The number of imide groups is 1. The minimum absolute atomic E-state index is 0.0116. The quantitative estimate of drug-likeness (QED) is 0.133. The Morgan fingerprint density at radius 2 is 1.60 bits per heavy atom. The van der Waals surface area contributed by atoms with E-state index in [9.17, 15) is 24.0 Å². The molecule has 3 amide bonds. The van der Waals surface area contributed by atoms with E-state index in [1.807, 2.05) is 6.92 Å². The van der Waals surface area contributed by atoms with Gasteiger partial charge in [0, 0.05) is 10.6 Å². The highest BCUT2D eigenvalue weighted by Gasteiger charge is 2.53. The number of carbonyl (C=O) groups excluding carboxylic acids is 5. The largest absolute Gasteiger partial charge is 0.497 e. The maximum absolute atomic E-state index is 13.8. The predicted octanol–water partition coefficient (Wildman–Crippen LogP) is 5.88. The lowest BCUT2D eigenvalue weighted by Gasteiger charge is -2.30. The van der Waals surface area contributed by atoms with Crippen molar-refractivity contribution in [2.75, 3.05) is 13.7 Å². The number of benzene rings is 3. The first-order chi connectivity index (χ1) is 20.6. The number of esters is 1. The number of hydrogen-bond donors (Lipinski definition) is 0. The number of nitrogens with zero attached hydrogens (tertiary/aromatic N) is 2. The third kappa shape index (κ3) is 6.28. The number of methoxy groups -OCH3 is 1. The van der Waals surface area contributed by atoms with Crippen LogP contribution in [0.1, 0.15) is 57.3 Å². The van der Waals surface area contributed by atoms with Crippen molar-refractivity contribution in [1.82, 2.24) is 10.0 Å². The molecule has 0 aromatic heterocycles. The zero-order chi connectivity index (χ0) is 30.8. The van der Waals surface area contributed by atoms with Crippen LogP contribution in [0.2, 0.25) is 10.0 Å². The molecule has 11 heteroatoms. The molecule has 43 heavy (non-hydrogen) atoms. The molecule has 2 aliphatic rings. The summed E-state index contributed by atoms with van der Waals surface area (Å²) in [5.41, 5.74) is 0.443. The van der Waals surface area contributed by atoms with Crippen LogP contribution in [0, 0.1) is 17.8 Å². The van der Waals surface area contributed by atoms with Crippen molar-refractivity contribution < 1.29 is 33.4 Å². The molecule has 3 aromatic carbocycles. The second kappa shape index (κ2) is 12.6. The number of amides is 3. The van der Waals surface area contributed by atoms with Crippen molar-refractivity contribution in [3.63, 3.8) is 0 Å². The van der Waals surface area contributed by atoms with Crippen LogP contribution in [0.5, 0.6) is 11.5 Å². The van der Waals surface area contributed by atoms with Gasteiger partial charge in [0.2, 0.25) is 0 Å². The average Bonchev–Trinajstić information content (AvgIpc) is 3.24. The van der Waals surface area contributed by atoms with Gasteiger partial charge < -0.3 is 9.47 Å². The summed E-state index contributed by atoms with van der Waals surface area (Å²) < 4.78 is 10.5. The number of rotatable bonds is 8. The minimum Gasteiger partial charge on any atom is -0.497 e. The lowest BCUT2D eigenvalue weighted by Crippen LogP contribution is -2.52. The summed E-state index contributed by atoms with van der Waals surface area (Å²) in [6.45, 7) is 1.42. The number of Topliss-reactive ketones (excluding diaryl/α,β-unsaturated/α-hetero) is 1. The van der Waals surface area contributed by atoms with Crippen LogP contribution in [-0.2, 0) is 9.59 Å². The number of halogens is 2. The number of hydrogen-bond acceptors (Lipinski definition) is 7. The molecule has 0 radical (unpaired) electrons. The Bertz CT molecular complexity index is 1610. The average molecular weight is 623 g/mol. The summed E-state index contributed by atoms with van der Waals surface area (Å²) in [5, 5.41) is 2.01. The van der Waals surface area contributed by atoms with E-state index in [-0.39, 0.29) is 33.4 Å². The van der Waals surface area contributed by atoms with Gasteiger partial charge in [-0.25, -0.2) is 9.80 Å². The molecule has 3 aromatic rings. The van der Waals surface area contributed by atoms with E-state index in [1.54, 1.807) is 18.2 Å². The normalized spacial score (nSPS) is 19.5. The van der Waals surface area contributed by atoms with Crippen LogP contribution in [0.3, 0.4) is 0 Å². The number of fused-ring (bicyclic) bond motifs is 1. The highest BCUT2D eigenvalue weighted by atomic mass is 35.5. The molecule has 5 rings (SSSR count). The summed E-state index contributed by atoms with van der Waals surface area (Å²) in [6.07, 6.45) is 1.85. The van der Waals surface area contributed by atoms with Gasteiger partial charge in [0.25, 0.3) is 17.7 Å². The van der Waals surface area contributed by atoms with E-state index >= 15 is 0 Å². The first kappa shape index (κ1) is 30.3. The van der Waals surface area contributed by atoms with E-state index in [0.717, 1.165) is 16.4 Å². The Morgan fingerprint density at radius 1 is 0.884 bits per heavy atom. The van der Waals surface area contributed by atoms with E-state index in [1.165, 1.54) is 55.6 Å². The molecule has 0 bridgehead atoms. The van der Waals surface area contributed by atoms with Crippen LogP contribution in [0.25, 0.3) is 0 Å². The van der Waals surface area contributed by atoms with Gasteiger partial charge in [0.15, 0.2) is 5.78 Å². The van der Waals surface area contributed by atoms with Crippen molar-refractivity contribution in [2.24, 2.45) is 17.8 Å². The van der Waals surface area contributed by atoms with Gasteiger partial charge in [0.1, 0.15) is 18.0 Å². The Morgan fingerprint density at radius 3 is 2.30 bits per heavy atom. The Kier molecular flexibility index (Phi) is 8.84. The molecule has 0 unspecified atom stereocenters. The topological polar surface area (TPSA) is 110 Å². The molecule has 1 heterocycles. The molecule has 2 fully saturated rings. The molecule has 222 valence electrons. The SMILES string of the molecule is COc1cccc(C(=O)Oc2ccc(C(=O)CN(C(=O)c3ccc(Cl)cc3Cl)N3C(=O)[C@@H]4CC[C@H](C)C[C@H]4C3=O)cc2)c1. The predicted molar refractivity (Wildman–Crippen MR) is 158 cm³/mol. The standard InChI is InChI=1S/C32H28Cl2N2O7/c1-18-6-12-24-26(14-18)31(40)36(30(24)39)35(29(38)25-13-9-21(33)16-27(25)34)17-28(37)19-7-10-22(11-8-19)43-32(41)20-4-3-5-23(15-20)42-2/h3-5,7-11,13,15-16,18,24,26H,6,12,14,17H2,1-2H3/t18-,24+,26+/m0/s1. The summed E-state index contributed by atoms with van der Waals surface area (Å²) in [6, 6.07) is 16.4. The summed E-state index contributed by atoms with van der Waals surface area (Å²) in [4.78, 5) is 66.8. The highest BCUT2D eigenvalue weighted by Crippen LogP contribution is 2.41. The molecule has 1 saturated heterocycles. The number of hydrazine groups is 1. The third-order valence-corrected chi connectivity index (χ3v) is 8.34. The maximum Gasteiger partial charge on any atom is 0.343 e. The van der Waals surface area contributed by atoms with Gasteiger partial charge in [-0.2, -0.15) is 5.01 Å². The van der Waals surface area contributed by atoms with E-state index in [0.29, 0.717) is 23.6 Å². The monoisotopic (exact) mass is 622 g/mol. The van der Waals surface area contributed by atoms with Crippen molar-refractivity contribution in [3.8, 4) is 11.5 Å². The van der Waals surface area contributed by atoms with Crippen LogP contribution in [0.15, 0.2) is 66.7 Å². The smallest absolute Gasteiger partial charge is 0.343 e. The van der Waals surface area contributed by atoms with Gasteiger partial charge in [-0.1, -0.05) is 36.2 Å². The number of ketones is 1. The van der Waals surface area contributed by atoms with Crippen LogP contribution in [-0.4, -0.2) is 53.1 Å². The van der Waals surface area contributed by atoms with Crippen LogP contribution < -0.4 is 9.47 Å². The summed E-state index contributed by atoms with van der Waals surface area (Å²) in [7, 11) is 1.49. The van der Waals surface area contributed by atoms with E-state index in [4.69, 9.17) is 32.7 Å². The lowest BCUT2D eigenvalue weighted by molar-refractivity contribution is -0.154. The molecular weight excluding hydrogens is 595 g/mol. The zero-order valence-electron chi connectivity index (χ0n) is 23.4. The fourth-order valence-electron chi connectivity index (χ4n) is 5.50. The Hall–Kier alpha value is -4.21. The second-order valence-corrected chi connectivity index (χ2v) is 11.5. The van der Waals surface area contributed by atoms with E-state index < -0.39 is 47.9 Å². The first-order valence-electron chi connectivity index (χ1n) is 13.7. The molecule has 1 aliphatic carbocycles. The number of carbonyl (C=O) groups is 5. The second-order valence-electron chi connectivity index (χ2n) is 10.7. The fourth-order valence-corrected chi connectivity index (χ4v) is 5.99. The van der Waals surface area contributed by atoms with Gasteiger partial charge in [-0.05, 0) is 85.8 Å². The van der Waals surface area contributed by atoms with Crippen molar-refractivity contribution in [3.05, 3.63) is 93.5 Å². The van der Waals surface area contributed by atoms with E-state index in [2.05, 4.69) is 0 Å². The molecule has 0 spiro atoms. The van der Waals surface area contributed by atoms with Crippen LogP contribution in [0.4, 0.5) is 0 Å². The molecule has 0 N–H and O–H groups in total. The molecule has 9 nitrogen and oxygen atoms in total. The summed E-state index contributed by atoms with van der Waals surface area (Å²) >= 11 is 12.3. The van der Waals surface area contributed by atoms with Crippen molar-refractivity contribution in [2.45, 2.75) is 26.2 Å². The fraction of sp³-hybridized carbons (Fsp3) is 0.281. The van der Waals surface area contributed by atoms with Crippen LogP contribution >= 0.6 is 23.2 Å². The van der Waals surface area contributed by atoms with Crippen molar-refractivity contribution in [1.29, 1.82) is 0 Å². The van der Waals surface area contributed by atoms with Gasteiger partial charge >= 0.3 is 5.97 Å². The van der Waals surface area contributed by atoms with Crippen molar-refractivity contribution >= 4 is 52.7 Å². The minimum atomic E-state index is -0.785. The molecule has 3 atom stereocenters. The zero-order valence-corrected chi connectivity index (χ0v) is 24.9. The lowest BCUT2D eigenvalue weighted by atomic mass is 9.76. The summed E-state index contributed by atoms with van der Waals surface area (Å²) in [5.74, 6) is -3.12. The number of ether oxygens (including phenoxy) is 2. The maximum atomic E-state index is 13.8. The highest BCUT2D eigenvalue weighted by molar-refractivity contribution is 6.36. The Labute approximate surface area is 258 Å². The Balaban J connectivity index is 1.38. The molecule has 1 aliphatic heterocycles.